The van der Waals surface area contributed by atoms with Crippen molar-refractivity contribution in [3.63, 3.8) is 0 Å². The minimum Gasteiger partial charge on any atom is -0.482 e. The predicted octanol–water partition coefficient (Wildman–Crippen LogP) is 3.98. The van der Waals surface area contributed by atoms with Gasteiger partial charge in [-0.3, -0.25) is 24.7 Å². The van der Waals surface area contributed by atoms with Gasteiger partial charge >= 0.3 is 0 Å². The Morgan fingerprint density at radius 2 is 1.97 bits per heavy atom. The molecule has 4 rings (SSSR count). The predicted molar refractivity (Wildman–Crippen MR) is 126 cm³/mol. The molecular formula is C24H23N5O5. The Morgan fingerprint density at radius 1 is 1.15 bits per heavy atom. The Bertz CT molecular complexity index is 1250. The van der Waals surface area contributed by atoms with Crippen molar-refractivity contribution in [2.75, 3.05) is 17.2 Å². The fourth-order valence-electron chi connectivity index (χ4n) is 3.62. The normalized spacial score (nSPS) is 14.1. The molecule has 2 heterocycles. The molecule has 2 aromatic carbocycles. The number of pyridine rings is 1. The molecule has 0 saturated carbocycles. The third kappa shape index (κ3) is 4.96. The standard InChI is InChI=1S/C24H23N5O5/c1-14(16-7-9-22-20(11-16)28-23(30)13-34-22)27-24(31)17-6-8-19(21(12-17)29(32)33)26-15(2)18-5-3-4-10-25-18/h3-12,14-15,26H,13H2,1-2H3,(H,27,31)(H,28,30). The number of carbonyl (C=O) groups excluding carboxylic acids is 2. The fourth-order valence-corrected chi connectivity index (χ4v) is 3.62. The molecule has 2 atom stereocenters. The summed E-state index contributed by atoms with van der Waals surface area (Å²) in [6.45, 7) is 3.59. The summed E-state index contributed by atoms with van der Waals surface area (Å²) in [6, 6.07) is 14.3. The quantitative estimate of drug-likeness (QED) is 0.358. The second-order valence-corrected chi connectivity index (χ2v) is 7.90. The van der Waals surface area contributed by atoms with Gasteiger partial charge in [-0.05, 0) is 55.8 Å². The SMILES string of the molecule is CC(NC(=O)c1ccc(NC(C)c2ccccn2)c([N+](=O)[O-])c1)c1ccc2c(c1)NC(=O)CO2. The van der Waals surface area contributed by atoms with E-state index in [-0.39, 0.29) is 35.5 Å². The van der Waals surface area contributed by atoms with Crippen LogP contribution >= 0.6 is 0 Å². The van der Waals surface area contributed by atoms with E-state index in [0.29, 0.717) is 11.4 Å². The number of nitro benzene ring substituents is 1. The summed E-state index contributed by atoms with van der Waals surface area (Å²) in [7, 11) is 0. The molecule has 3 N–H and O–H groups in total. The summed E-state index contributed by atoms with van der Waals surface area (Å²) >= 11 is 0. The van der Waals surface area contributed by atoms with Crippen LogP contribution in [0.1, 0.15) is 47.5 Å². The van der Waals surface area contributed by atoms with Crippen molar-refractivity contribution in [1.29, 1.82) is 0 Å². The number of fused-ring (bicyclic) bond motifs is 1. The molecule has 0 saturated heterocycles. The van der Waals surface area contributed by atoms with Gasteiger partial charge in [-0.15, -0.1) is 0 Å². The molecule has 174 valence electrons. The van der Waals surface area contributed by atoms with E-state index in [9.17, 15) is 19.7 Å². The average Bonchev–Trinajstić information content (AvgIpc) is 2.84. The van der Waals surface area contributed by atoms with Gasteiger partial charge in [0.05, 0.1) is 28.4 Å². The zero-order chi connectivity index (χ0) is 24.2. The van der Waals surface area contributed by atoms with Crippen LogP contribution < -0.4 is 20.7 Å². The van der Waals surface area contributed by atoms with E-state index in [1.165, 1.54) is 18.2 Å². The van der Waals surface area contributed by atoms with Crippen LogP contribution in [0.4, 0.5) is 17.1 Å². The van der Waals surface area contributed by atoms with Crippen LogP contribution in [0.15, 0.2) is 60.8 Å². The van der Waals surface area contributed by atoms with Gasteiger partial charge in [-0.25, -0.2) is 0 Å². The molecule has 1 aromatic heterocycles. The molecule has 1 aliphatic heterocycles. The maximum absolute atomic E-state index is 12.8. The topological polar surface area (TPSA) is 135 Å². The van der Waals surface area contributed by atoms with E-state index in [1.54, 1.807) is 37.4 Å². The highest BCUT2D eigenvalue weighted by Gasteiger charge is 2.22. The van der Waals surface area contributed by atoms with Gasteiger partial charge in [-0.2, -0.15) is 0 Å². The Labute approximate surface area is 195 Å². The molecule has 34 heavy (non-hydrogen) atoms. The molecular weight excluding hydrogens is 438 g/mol. The van der Waals surface area contributed by atoms with Crippen LogP contribution in [0, 0.1) is 10.1 Å². The monoisotopic (exact) mass is 461 g/mol. The Balaban J connectivity index is 1.50. The van der Waals surface area contributed by atoms with Crippen LogP contribution in [-0.4, -0.2) is 28.3 Å². The largest absolute Gasteiger partial charge is 0.482 e. The lowest BCUT2D eigenvalue weighted by atomic mass is 10.1. The average molecular weight is 461 g/mol. The van der Waals surface area contributed by atoms with E-state index < -0.39 is 16.9 Å². The lowest BCUT2D eigenvalue weighted by Crippen LogP contribution is -2.28. The van der Waals surface area contributed by atoms with Crippen molar-refractivity contribution >= 4 is 28.9 Å². The van der Waals surface area contributed by atoms with E-state index in [4.69, 9.17) is 4.74 Å². The first-order chi connectivity index (χ1) is 16.3. The zero-order valence-corrected chi connectivity index (χ0v) is 18.6. The summed E-state index contributed by atoms with van der Waals surface area (Å²) in [5, 5.41) is 20.4. The molecule has 2 amide bonds. The zero-order valence-electron chi connectivity index (χ0n) is 18.6. The number of hydrogen-bond acceptors (Lipinski definition) is 7. The first-order valence-electron chi connectivity index (χ1n) is 10.6. The van der Waals surface area contributed by atoms with Crippen molar-refractivity contribution in [2.24, 2.45) is 0 Å². The molecule has 0 spiro atoms. The first-order valence-corrected chi connectivity index (χ1v) is 10.6. The van der Waals surface area contributed by atoms with E-state index in [2.05, 4.69) is 20.9 Å². The fraction of sp³-hybridized carbons (Fsp3) is 0.208. The molecule has 3 aromatic rings. The summed E-state index contributed by atoms with van der Waals surface area (Å²) in [5.41, 5.74) is 2.25. The van der Waals surface area contributed by atoms with Gasteiger partial charge in [0.25, 0.3) is 17.5 Å². The lowest BCUT2D eigenvalue weighted by Gasteiger charge is -2.21. The van der Waals surface area contributed by atoms with Gasteiger partial charge in [0.1, 0.15) is 11.4 Å². The highest BCUT2D eigenvalue weighted by atomic mass is 16.6. The Morgan fingerprint density at radius 3 is 2.71 bits per heavy atom. The van der Waals surface area contributed by atoms with Gasteiger partial charge in [0, 0.05) is 17.8 Å². The maximum Gasteiger partial charge on any atom is 0.293 e. The van der Waals surface area contributed by atoms with Crippen LogP contribution in [0.2, 0.25) is 0 Å². The number of benzene rings is 2. The molecule has 10 nitrogen and oxygen atoms in total. The summed E-state index contributed by atoms with van der Waals surface area (Å²) in [6.07, 6.45) is 1.65. The Kier molecular flexibility index (Phi) is 6.39. The number of carbonyl (C=O) groups is 2. The van der Waals surface area contributed by atoms with Crippen LogP contribution in [-0.2, 0) is 4.79 Å². The highest BCUT2D eigenvalue weighted by molar-refractivity contribution is 5.96. The molecule has 1 aliphatic rings. The van der Waals surface area contributed by atoms with Gasteiger partial charge in [-0.1, -0.05) is 12.1 Å². The van der Waals surface area contributed by atoms with E-state index in [1.807, 2.05) is 19.1 Å². The third-order valence-corrected chi connectivity index (χ3v) is 5.44. The number of nitrogens with one attached hydrogen (secondary N) is 3. The third-order valence-electron chi connectivity index (χ3n) is 5.44. The first kappa shape index (κ1) is 22.7. The molecule has 0 bridgehead atoms. The van der Waals surface area contributed by atoms with Crippen molar-refractivity contribution in [3.8, 4) is 5.75 Å². The number of aromatic nitrogens is 1. The lowest BCUT2D eigenvalue weighted by molar-refractivity contribution is -0.384. The van der Waals surface area contributed by atoms with Crippen molar-refractivity contribution in [3.05, 3.63) is 87.7 Å². The minimum absolute atomic E-state index is 0.0388. The molecule has 0 fully saturated rings. The van der Waals surface area contributed by atoms with Gasteiger partial charge in [0.15, 0.2) is 6.61 Å². The van der Waals surface area contributed by atoms with Crippen molar-refractivity contribution < 1.29 is 19.2 Å². The van der Waals surface area contributed by atoms with Crippen LogP contribution in [0.5, 0.6) is 5.75 Å². The number of anilines is 2. The van der Waals surface area contributed by atoms with E-state index >= 15 is 0 Å². The second-order valence-electron chi connectivity index (χ2n) is 7.90. The van der Waals surface area contributed by atoms with E-state index in [0.717, 1.165) is 11.3 Å². The Hall–Kier alpha value is -4.47. The number of nitro groups is 1. The minimum atomic E-state index is -0.528. The molecule has 0 aliphatic carbocycles. The summed E-state index contributed by atoms with van der Waals surface area (Å²) in [4.78, 5) is 39.8. The number of rotatable bonds is 7. The van der Waals surface area contributed by atoms with Gasteiger partial charge < -0.3 is 20.7 Å². The molecule has 2 unspecified atom stereocenters. The van der Waals surface area contributed by atoms with Crippen molar-refractivity contribution in [1.82, 2.24) is 10.3 Å². The smallest absolute Gasteiger partial charge is 0.293 e. The van der Waals surface area contributed by atoms with Gasteiger partial charge in [0.2, 0.25) is 0 Å². The summed E-state index contributed by atoms with van der Waals surface area (Å²) in [5.74, 6) is -0.154. The highest BCUT2D eigenvalue weighted by Crippen LogP contribution is 2.31. The van der Waals surface area contributed by atoms with Crippen molar-refractivity contribution in [2.45, 2.75) is 25.9 Å². The van der Waals surface area contributed by atoms with Crippen LogP contribution in [0.3, 0.4) is 0 Å². The maximum atomic E-state index is 12.8. The molecule has 0 radical (unpaired) electrons. The number of nitrogens with zero attached hydrogens (tertiary/aromatic N) is 2. The molecule has 10 heteroatoms. The number of hydrogen-bond donors (Lipinski definition) is 3. The number of ether oxygens (including phenoxy) is 1. The van der Waals surface area contributed by atoms with Crippen LogP contribution in [0.25, 0.3) is 0 Å². The number of amides is 2. The summed E-state index contributed by atoms with van der Waals surface area (Å²) < 4.78 is 5.35. The second kappa shape index (κ2) is 9.57.